The zero-order valence-electron chi connectivity index (χ0n) is 12.7. The molecule has 0 saturated carbocycles. The number of hydrogen-bond donors (Lipinski definition) is 2. The minimum Gasteiger partial charge on any atom is -0.467 e. The summed E-state index contributed by atoms with van der Waals surface area (Å²) in [6, 6.07) is 2.78. The van der Waals surface area contributed by atoms with Crippen molar-refractivity contribution in [1.82, 2.24) is 0 Å². The molecule has 0 fully saturated rings. The normalized spacial score (nSPS) is 15.0. The van der Waals surface area contributed by atoms with Gasteiger partial charge in [-0.2, -0.15) is 0 Å². The minimum atomic E-state index is -1.34. The molecule has 2 N–H and O–H groups in total. The van der Waals surface area contributed by atoms with Crippen molar-refractivity contribution >= 4 is 23.3 Å². The largest absolute Gasteiger partial charge is 0.467 e. The van der Waals surface area contributed by atoms with E-state index in [4.69, 9.17) is 0 Å². The number of nitrogens with one attached hydrogen (secondary N) is 1. The molecule has 6 nitrogen and oxygen atoms in total. The topological polar surface area (TPSA) is 78.9 Å². The van der Waals surface area contributed by atoms with Crippen molar-refractivity contribution in [2.24, 2.45) is 0 Å². The van der Waals surface area contributed by atoms with Gasteiger partial charge < -0.3 is 20.1 Å². The molecule has 0 radical (unpaired) electrons. The van der Waals surface area contributed by atoms with E-state index in [0.717, 1.165) is 0 Å². The molecule has 120 valence electrons. The van der Waals surface area contributed by atoms with Crippen molar-refractivity contribution in [1.29, 1.82) is 0 Å². The molecule has 0 aliphatic carbocycles. The molecule has 0 aromatic heterocycles. The third-order valence-corrected chi connectivity index (χ3v) is 3.48. The Hall–Kier alpha value is -2.15. The number of carbonyl (C=O) groups excluding carboxylic acids is 2. The number of nitrogens with zero attached hydrogens (tertiary/aromatic N) is 1. The van der Waals surface area contributed by atoms with Crippen LogP contribution in [-0.2, 0) is 20.7 Å². The van der Waals surface area contributed by atoms with E-state index in [1.165, 1.54) is 18.1 Å². The molecule has 1 atom stereocenters. The smallest absolute Gasteiger partial charge is 0.336 e. The molecule has 7 heteroatoms. The molecule has 1 heterocycles. The second kappa shape index (κ2) is 6.31. The van der Waals surface area contributed by atoms with E-state index >= 15 is 0 Å². The molecule has 1 aliphatic heterocycles. The van der Waals surface area contributed by atoms with Crippen LogP contribution in [0.25, 0.3) is 0 Å². The van der Waals surface area contributed by atoms with Gasteiger partial charge in [-0.1, -0.05) is 0 Å². The van der Waals surface area contributed by atoms with Gasteiger partial charge in [0.15, 0.2) is 6.10 Å². The standard InChI is InChI=1S/C15H19FN2O4/c1-8(2)18-13(20)5-9-4-10(6-11(16)14(9)18)17-7-12(19)15(21)22-3/h4,6,8,12,17,19H,5,7H2,1-3H3/t12-/m1/s1. The Morgan fingerprint density at radius 1 is 1.50 bits per heavy atom. The zero-order valence-corrected chi connectivity index (χ0v) is 12.7. The fourth-order valence-corrected chi connectivity index (χ4v) is 2.52. The van der Waals surface area contributed by atoms with Gasteiger partial charge in [-0.15, -0.1) is 0 Å². The number of aliphatic hydroxyl groups is 1. The summed E-state index contributed by atoms with van der Waals surface area (Å²) in [7, 11) is 1.17. The van der Waals surface area contributed by atoms with E-state index in [9.17, 15) is 19.1 Å². The Morgan fingerprint density at radius 2 is 2.18 bits per heavy atom. The highest BCUT2D eigenvalue weighted by atomic mass is 19.1. The lowest BCUT2D eigenvalue weighted by molar-refractivity contribution is -0.149. The number of fused-ring (bicyclic) bond motifs is 1. The maximum Gasteiger partial charge on any atom is 0.336 e. The molecule has 0 spiro atoms. The number of hydrogen-bond acceptors (Lipinski definition) is 5. The van der Waals surface area contributed by atoms with Crippen LogP contribution in [0.5, 0.6) is 0 Å². The number of methoxy groups -OCH3 is 1. The summed E-state index contributed by atoms with van der Waals surface area (Å²) < 4.78 is 18.7. The second-order valence-electron chi connectivity index (χ2n) is 5.42. The number of anilines is 2. The highest BCUT2D eigenvalue weighted by Gasteiger charge is 2.32. The van der Waals surface area contributed by atoms with Gasteiger partial charge in [-0.05, 0) is 31.5 Å². The van der Waals surface area contributed by atoms with Gasteiger partial charge >= 0.3 is 5.97 Å². The molecular weight excluding hydrogens is 291 g/mol. The van der Waals surface area contributed by atoms with E-state index in [-0.39, 0.29) is 24.9 Å². The third kappa shape index (κ3) is 3.04. The number of aliphatic hydroxyl groups excluding tert-OH is 1. The average molecular weight is 310 g/mol. The van der Waals surface area contributed by atoms with E-state index in [1.54, 1.807) is 6.07 Å². The molecule has 1 aliphatic rings. The number of halogens is 1. The van der Waals surface area contributed by atoms with Crippen molar-refractivity contribution in [3.63, 3.8) is 0 Å². The number of benzene rings is 1. The van der Waals surface area contributed by atoms with Crippen LogP contribution >= 0.6 is 0 Å². The molecule has 0 saturated heterocycles. The van der Waals surface area contributed by atoms with Crippen LogP contribution in [0.3, 0.4) is 0 Å². The maximum atomic E-state index is 14.3. The molecular formula is C15H19FN2O4. The van der Waals surface area contributed by atoms with Crippen LogP contribution < -0.4 is 10.2 Å². The molecule has 22 heavy (non-hydrogen) atoms. The quantitative estimate of drug-likeness (QED) is 0.795. The lowest BCUT2D eigenvalue weighted by Gasteiger charge is -2.22. The van der Waals surface area contributed by atoms with Crippen LogP contribution in [0.1, 0.15) is 19.4 Å². The highest BCUT2D eigenvalue weighted by molar-refractivity contribution is 6.02. The molecule has 1 aromatic carbocycles. The van der Waals surface area contributed by atoms with Gasteiger partial charge in [0.25, 0.3) is 0 Å². The number of esters is 1. The van der Waals surface area contributed by atoms with Crippen molar-refractivity contribution in [3.8, 4) is 0 Å². The predicted octanol–water partition coefficient (Wildman–Crippen LogP) is 1.07. The Labute approximate surface area is 127 Å². The van der Waals surface area contributed by atoms with Crippen LogP contribution in [-0.4, -0.2) is 42.8 Å². The predicted molar refractivity (Wildman–Crippen MR) is 79.2 cm³/mol. The van der Waals surface area contributed by atoms with Crippen LogP contribution in [0, 0.1) is 5.82 Å². The summed E-state index contributed by atoms with van der Waals surface area (Å²) in [6.07, 6.45) is -1.20. The number of rotatable bonds is 5. The van der Waals surface area contributed by atoms with Gasteiger partial charge in [0.2, 0.25) is 5.91 Å². The first-order valence-corrected chi connectivity index (χ1v) is 6.99. The Morgan fingerprint density at radius 3 is 2.77 bits per heavy atom. The first kappa shape index (κ1) is 16.2. The third-order valence-electron chi connectivity index (χ3n) is 3.48. The number of carbonyl (C=O) groups is 2. The van der Waals surface area contributed by atoms with Crippen LogP contribution in [0.15, 0.2) is 12.1 Å². The molecule has 1 aromatic rings. The summed E-state index contributed by atoms with van der Waals surface area (Å²) in [5.74, 6) is -1.42. The summed E-state index contributed by atoms with van der Waals surface area (Å²) in [4.78, 5) is 24.5. The zero-order chi connectivity index (χ0) is 16.4. The fraction of sp³-hybridized carbons (Fsp3) is 0.467. The fourth-order valence-electron chi connectivity index (χ4n) is 2.52. The van der Waals surface area contributed by atoms with E-state index in [1.807, 2.05) is 13.8 Å². The van der Waals surface area contributed by atoms with Gasteiger partial charge in [-0.25, -0.2) is 9.18 Å². The molecule has 2 rings (SSSR count). The Kier molecular flexibility index (Phi) is 4.65. The lowest BCUT2D eigenvalue weighted by atomic mass is 10.1. The lowest BCUT2D eigenvalue weighted by Crippen LogP contribution is -2.34. The highest BCUT2D eigenvalue weighted by Crippen LogP contribution is 2.35. The first-order chi connectivity index (χ1) is 10.3. The summed E-state index contributed by atoms with van der Waals surface area (Å²) >= 11 is 0. The minimum absolute atomic E-state index is 0.104. The van der Waals surface area contributed by atoms with Crippen molar-refractivity contribution in [2.75, 3.05) is 23.9 Å². The number of ether oxygens (including phenoxy) is 1. The molecule has 0 unspecified atom stereocenters. The van der Waals surface area contributed by atoms with Gasteiger partial charge in [0, 0.05) is 11.7 Å². The Balaban J connectivity index is 2.18. The number of amides is 1. The van der Waals surface area contributed by atoms with Crippen molar-refractivity contribution in [2.45, 2.75) is 32.4 Å². The van der Waals surface area contributed by atoms with Gasteiger partial charge in [-0.3, -0.25) is 4.79 Å². The Bertz CT molecular complexity index is 603. The summed E-state index contributed by atoms with van der Waals surface area (Å²) in [5, 5.41) is 12.3. The monoisotopic (exact) mass is 310 g/mol. The van der Waals surface area contributed by atoms with Crippen molar-refractivity contribution in [3.05, 3.63) is 23.5 Å². The van der Waals surface area contributed by atoms with E-state index < -0.39 is 17.9 Å². The van der Waals surface area contributed by atoms with Gasteiger partial charge in [0.05, 0.1) is 25.8 Å². The second-order valence-corrected chi connectivity index (χ2v) is 5.42. The first-order valence-electron chi connectivity index (χ1n) is 6.99. The van der Waals surface area contributed by atoms with Crippen LogP contribution in [0.2, 0.25) is 0 Å². The maximum absolute atomic E-state index is 14.3. The van der Waals surface area contributed by atoms with Crippen molar-refractivity contribution < 1.29 is 23.8 Å². The molecule has 1 amide bonds. The van der Waals surface area contributed by atoms with E-state index in [2.05, 4.69) is 10.1 Å². The van der Waals surface area contributed by atoms with E-state index in [0.29, 0.717) is 16.9 Å². The van der Waals surface area contributed by atoms with Gasteiger partial charge in [0.1, 0.15) is 5.82 Å². The SMILES string of the molecule is COC(=O)[C@H](O)CNc1cc(F)c2c(c1)CC(=O)N2C(C)C. The summed E-state index contributed by atoms with van der Waals surface area (Å²) in [6.45, 7) is 3.55. The average Bonchev–Trinajstić information content (AvgIpc) is 2.80. The summed E-state index contributed by atoms with van der Waals surface area (Å²) in [5.41, 5.74) is 1.30. The van der Waals surface area contributed by atoms with Crippen LogP contribution in [0.4, 0.5) is 15.8 Å². The molecule has 0 bridgehead atoms.